The normalized spacial score (nSPS) is 14.1. The summed E-state index contributed by atoms with van der Waals surface area (Å²) in [6.45, 7) is 0.496. The highest BCUT2D eigenvalue weighted by Crippen LogP contribution is 2.00. The number of carbonyl (C=O) groups is 1. The van der Waals surface area contributed by atoms with Gasteiger partial charge in [-0.15, -0.1) is 0 Å². The fourth-order valence-electron chi connectivity index (χ4n) is 0.837. The van der Waals surface area contributed by atoms with Crippen LogP contribution < -0.4 is 16.6 Å². The quantitative estimate of drug-likeness (QED) is 0.463. The lowest BCUT2D eigenvalue weighted by atomic mass is 10.1. The lowest BCUT2D eigenvalue weighted by molar-refractivity contribution is -0.113. The lowest BCUT2D eigenvalue weighted by Gasteiger charge is -2.07. The first-order chi connectivity index (χ1) is 5.89. The van der Waals surface area contributed by atoms with Crippen molar-refractivity contribution in [1.82, 2.24) is 0 Å². The maximum absolute atomic E-state index is 10.9. The molecule has 0 spiro atoms. The van der Waals surface area contributed by atoms with Crippen LogP contribution in [-0.4, -0.2) is 26.1 Å². The van der Waals surface area contributed by atoms with Crippen LogP contribution in [0.3, 0.4) is 0 Å². The van der Waals surface area contributed by atoms with Crippen LogP contribution in [0.5, 0.6) is 0 Å². The third-order valence-electron chi connectivity index (χ3n) is 1.55. The first-order valence-corrected chi connectivity index (χ1v) is 5.46. The van der Waals surface area contributed by atoms with Crippen LogP contribution in [0.1, 0.15) is 19.3 Å². The number of carbonyl (C=O) groups excluding carboxylic acids is 1. The summed E-state index contributed by atoms with van der Waals surface area (Å²) >= 11 is 0. The molecule has 6 N–H and O–H groups in total. The second-order valence-electron chi connectivity index (χ2n) is 2.75. The summed E-state index contributed by atoms with van der Waals surface area (Å²) in [5, 5.41) is 3.50. The van der Waals surface area contributed by atoms with Crippen molar-refractivity contribution in [3.8, 4) is 0 Å². The van der Waals surface area contributed by atoms with Gasteiger partial charge in [0.05, 0.1) is 6.04 Å². The maximum atomic E-state index is 10.9. The average Bonchev–Trinajstić information content (AvgIpc) is 2.01. The zero-order valence-corrected chi connectivity index (χ0v) is 8.09. The molecule has 0 bridgehead atoms. The van der Waals surface area contributed by atoms with E-state index in [1.807, 2.05) is 0 Å². The van der Waals surface area contributed by atoms with E-state index in [9.17, 15) is 13.2 Å². The molecule has 0 saturated carbocycles. The van der Waals surface area contributed by atoms with Crippen molar-refractivity contribution in [2.45, 2.75) is 25.3 Å². The monoisotopic (exact) mass is 209 g/mol. The van der Waals surface area contributed by atoms with E-state index in [0.29, 0.717) is 25.8 Å². The van der Waals surface area contributed by atoms with Crippen molar-refractivity contribution in [3.05, 3.63) is 0 Å². The largest absolute Gasteiger partial charge is 0.330 e. The van der Waals surface area contributed by atoms with Crippen LogP contribution in [0.15, 0.2) is 0 Å². The van der Waals surface area contributed by atoms with Crippen LogP contribution in [0.25, 0.3) is 0 Å². The summed E-state index contributed by atoms with van der Waals surface area (Å²) < 4.78 is 21.1. The van der Waals surface area contributed by atoms with Gasteiger partial charge in [0.15, 0.2) is 0 Å². The third-order valence-corrected chi connectivity index (χ3v) is 2.42. The molecule has 78 valence electrons. The van der Waals surface area contributed by atoms with Crippen molar-refractivity contribution >= 4 is 15.1 Å². The van der Waals surface area contributed by atoms with Crippen molar-refractivity contribution in [1.29, 1.82) is 0 Å². The Bertz CT molecular complexity index is 262. The molecule has 7 heteroatoms. The topological polar surface area (TPSA) is 129 Å². The number of hydrogen-bond acceptors (Lipinski definition) is 5. The van der Waals surface area contributed by atoms with Gasteiger partial charge < -0.3 is 11.5 Å². The molecule has 0 aromatic carbocycles. The van der Waals surface area contributed by atoms with Gasteiger partial charge in [-0.2, -0.15) is 0 Å². The molecule has 0 fully saturated rings. The molecule has 0 aromatic heterocycles. The predicted octanol–water partition coefficient (Wildman–Crippen LogP) is -1.74. The molecule has 6 nitrogen and oxygen atoms in total. The van der Waals surface area contributed by atoms with E-state index in [4.69, 9.17) is 11.5 Å². The van der Waals surface area contributed by atoms with Crippen molar-refractivity contribution in [2.75, 3.05) is 6.54 Å². The Morgan fingerprint density at radius 1 is 1.31 bits per heavy atom. The van der Waals surface area contributed by atoms with Gasteiger partial charge >= 0.3 is 0 Å². The fourth-order valence-corrected chi connectivity index (χ4v) is 1.38. The zero-order chi connectivity index (χ0) is 10.5. The summed E-state index contributed by atoms with van der Waals surface area (Å²) in [4.78, 5) is 10.9. The predicted molar refractivity (Wildman–Crippen MR) is 49.0 cm³/mol. The van der Waals surface area contributed by atoms with Crippen molar-refractivity contribution in [2.24, 2.45) is 16.6 Å². The Labute approximate surface area is 77.5 Å². The Hall–Kier alpha value is -0.500. The number of rotatable bonds is 5. The zero-order valence-electron chi connectivity index (χ0n) is 7.27. The number of sulfonamides is 1. The van der Waals surface area contributed by atoms with Gasteiger partial charge in [0.1, 0.15) is 0 Å². The Balaban J connectivity index is 3.98. The van der Waals surface area contributed by atoms with Crippen molar-refractivity contribution in [3.63, 3.8) is 0 Å². The van der Waals surface area contributed by atoms with Gasteiger partial charge in [0.2, 0.25) is 0 Å². The van der Waals surface area contributed by atoms with Crippen LogP contribution in [0.2, 0.25) is 0 Å². The molecule has 0 aromatic rings. The lowest BCUT2D eigenvalue weighted by Crippen LogP contribution is -2.39. The molecule has 0 unspecified atom stereocenters. The van der Waals surface area contributed by atoms with E-state index in [2.05, 4.69) is 5.14 Å². The van der Waals surface area contributed by atoms with Gasteiger partial charge in [0, 0.05) is 0 Å². The molecular formula is C6H15N3O3S. The highest BCUT2D eigenvalue weighted by atomic mass is 32.2. The minimum Gasteiger partial charge on any atom is -0.330 e. The first kappa shape index (κ1) is 12.5. The standard InChI is InChI=1S/C6H15N3O3S/c7-4-2-1-3-5(8)6(10)13(9,11)12/h5H,1-4,7-8H2,(H2,9,11,12)/t5-/m0/s1. The average molecular weight is 209 g/mol. The molecule has 0 saturated heterocycles. The molecule has 0 aliphatic heterocycles. The summed E-state index contributed by atoms with van der Waals surface area (Å²) in [7, 11) is -4.13. The van der Waals surface area contributed by atoms with Crippen molar-refractivity contribution < 1.29 is 13.2 Å². The van der Waals surface area contributed by atoms with E-state index in [1.165, 1.54) is 0 Å². The summed E-state index contributed by atoms with van der Waals surface area (Å²) in [6, 6.07) is -1.03. The molecule has 0 radical (unpaired) electrons. The first-order valence-electron chi connectivity index (χ1n) is 3.92. The second-order valence-corrected chi connectivity index (χ2v) is 4.25. The molecule has 13 heavy (non-hydrogen) atoms. The highest BCUT2D eigenvalue weighted by Gasteiger charge is 2.23. The van der Waals surface area contributed by atoms with Crippen LogP contribution in [-0.2, 0) is 14.8 Å². The molecular weight excluding hydrogens is 194 g/mol. The van der Waals surface area contributed by atoms with E-state index < -0.39 is 21.2 Å². The molecule has 0 aliphatic rings. The maximum Gasteiger partial charge on any atom is 0.277 e. The minimum absolute atomic E-state index is 0.298. The Kier molecular flexibility index (Phi) is 5.07. The number of nitrogens with two attached hydrogens (primary N) is 3. The molecule has 0 aliphatic carbocycles. The molecule has 0 heterocycles. The smallest absolute Gasteiger partial charge is 0.277 e. The van der Waals surface area contributed by atoms with Gasteiger partial charge in [-0.3, -0.25) is 4.79 Å². The summed E-state index contributed by atoms with van der Waals surface area (Å²) in [5.41, 5.74) is 10.5. The van der Waals surface area contributed by atoms with Gasteiger partial charge in [-0.1, -0.05) is 6.42 Å². The van der Waals surface area contributed by atoms with Gasteiger partial charge in [-0.25, -0.2) is 13.6 Å². The van der Waals surface area contributed by atoms with Crippen LogP contribution in [0, 0.1) is 0 Å². The molecule has 0 rings (SSSR count). The molecule has 1 atom stereocenters. The summed E-state index contributed by atoms with van der Waals surface area (Å²) in [5.74, 6) is 0. The van der Waals surface area contributed by atoms with E-state index in [0.717, 1.165) is 0 Å². The van der Waals surface area contributed by atoms with E-state index in [-0.39, 0.29) is 0 Å². The van der Waals surface area contributed by atoms with Gasteiger partial charge in [-0.05, 0) is 19.4 Å². The summed E-state index contributed by atoms with van der Waals surface area (Å²) in [6.07, 6.45) is 1.64. The number of primary sulfonamides is 1. The molecule has 0 amide bonds. The second kappa shape index (κ2) is 5.28. The van der Waals surface area contributed by atoms with Crippen LogP contribution in [0.4, 0.5) is 0 Å². The Morgan fingerprint density at radius 3 is 2.23 bits per heavy atom. The highest BCUT2D eigenvalue weighted by molar-refractivity contribution is 8.04. The SMILES string of the molecule is NCCCC[C@H](N)C(=O)S(N)(=O)=O. The van der Waals surface area contributed by atoms with E-state index in [1.54, 1.807) is 0 Å². The van der Waals surface area contributed by atoms with Gasteiger partial charge in [0.25, 0.3) is 15.1 Å². The number of hydrogen-bond donors (Lipinski definition) is 3. The third kappa shape index (κ3) is 4.94. The number of unbranched alkanes of at least 4 members (excludes halogenated alkanes) is 1. The fraction of sp³-hybridized carbons (Fsp3) is 0.833. The Morgan fingerprint density at radius 2 is 1.85 bits per heavy atom. The van der Waals surface area contributed by atoms with Crippen LogP contribution >= 0.6 is 0 Å². The van der Waals surface area contributed by atoms with E-state index >= 15 is 0 Å². The minimum atomic E-state index is -4.13.